The summed E-state index contributed by atoms with van der Waals surface area (Å²) in [5.74, 6) is 1.17. The molecular formula is C12H19N3O2. The monoisotopic (exact) mass is 237 g/mol. The van der Waals surface area contributed by atoms with Gasteiger partial charge in [-0.05, 0) is 6.42 Å². The molecule has 1 saturated heterocycles. The molecule has 3 heterocycles. The first-order valence-electron chi connectivity index (χ1n) is 6.37. The Bertz CT molecular complexity index is 360. The molecule has 0 atom stereocenters. The van der Waals surface area contributed by atoms with Crippen molar-refractivity contribution in [2.45, 2.75) is 32.2 Å². The van der Waals surface area contributed by atoms with Crippen LogP contribution in [-0.4, -0.2) is 47.0 Å². The Morgan fingerprint density at radius 2 is 2.18 bits per heavy atom. The fraction of sp³-hybridized carbons (Fsp3) is 0.750. The molecule has 1 fully saturated rings. The number of aromatic nitrogens is 2. The van der Waals surface area contributed by atoms with Gasteiger partial charge in [-0.25, -0.2) is 4.98 Å². The fourth-order valence-corrected chi connectivity index (χ4v) is 2.41. The van der Waals surface area contributed by atoms with Crippen LogP contribution in [-0.2, 0) is 22.6 Å². The molecule has 1 aromatic rings. The van der Waals surface area contributed by atoms with Crippen LogP contribution in [0.15, 0.2) is 12.4 Å². The molecule has 0 amide bonds. The van der Waals surface area contributed by atoms with Gasteiger partial charge in [0, 0.05) is 38.4 Å². The third kappa shape index (κ3) is 2.68. The lowest BCUT2D eigenvalue weighted by atomic mass is 10.3. The van der Waals surface area contributed by atoms with E-state index >= 15 is 0 Å². The van der Waals surface area contributed by atoms with Crippen LogP contribution < -0.4 is 0 Å². The van der Waals surface area contributed by atoms with E-state index in [-0.39, 0.29) is 6.29 Å². The van der Waals surface area contributed by atoms with Crippen LogP contribution in [0.3, 0.4) is 0 Å². The zero-order valence-corrected chi connectivity index (χ0v) is 10.0. The Morgan fingerprint density at radius 3 is 3.06 bits per heavy atom. The lowest BCUT2D eigenvalue weighted by molar-refractivity contribution is -0.183. The summed E-state index contributed by atoms with van der Waals surface area (Å²) < 4.78 is 13.3. The molecule has 0 aromatic carbocycles. The molecule has 0 N–H and O–H groups in total. The van der Waals surface area contributed by atoms with Crippen LogP contribution in [0.5, 0.6) is 0 Å². The van der Waals surface area contributed by atoms with Crippen molar-refractivity contribution < 1.29 is 9.47 Å². The number of hydrogen-bond acceptors (Lipinski definition) is 4. The molecule has 5 nitrogen and oxygen atoms in total. The number of fused-ring (bicyclic) bond motifs is 1. The average Bonchev–Trinajstić information content (AvgIpc) is 2.85. The second-order valence-corrected chi connectivity index (χ2v) is 4.63. The summed E-state index contributed by atoms with van der Waals surface area (Å²) >= 11 is 0. The quantitative estimate of drug-likeness (QED) is 0.781. The van der Waals surface area contributed by atoms with Crippen molar-refractivity contribution in [1.82, 2.24) is 14.5 Å². The molecule has 2 aliphatic heterocycles. The minimum absolute atomic E-state index is 0.00502. The molecule has 0 spiro atoms. The van der Waals surface area contributed by atoms with Crippen LogP contribution in [0, 0.1) is 0 Å². The highest BCUT2D eigenvalue weighted by Crippen LogP contribution is 2.13. The second-order valence-electron chi connectivity index (χ2n) is 4.63. The van der Waals surface area contributed by atoms with E-state index in [9.17, 15) is 0 Å². The summed E-state index contributed by atoms with van der Waals surface area (Å²) in [5, 5.41) is 0. The topological polar surface area (TPSA) is 39.5 Å². The molecule has 17 heavy (non-hydrogen) atoms. The lowest BCUT2D eigenvalue weighted by Gasteiger charge is -2.30. The van der Waals surface area contributed by atoms with E-state index in [0.29, 0.717) is 0 Å². The van der Waals surface area contributed by atoms with Crippen molar-refractivity contribution in [3.05, 3.63) is 18.2 Å². The summed E-state index contributed by atoms with van der Waals surface area (Å²) in [7, 11) is 0. The normalized spacial score (nSPS) is 22.6. The average molecular weight is 237 g/mol. The molecule has 3 rings (SSSR count). The van der Waals surface area contributed by atoms with E-state index in [0.717, 1.165) is 52.2 Å². The Balaban J connectivity index is 1.47. The van der Waals surface area contributed by atoms with E-state index in [1.165, 1.54) is 5.82 Å². The lowest BCUT2D eigenvalue weighted by Crippen LogP contribution is -2.37. The van der Waals surface area contributed by atoms with E-state index in [1.807, 2.05) is 6.20 Å². The largest absolute Gasteiger partial charge is 0.353 e. The van der Waals surface area contributed by atoms with Gasteiger partial charge in [0.15, 0.2) is 6.29 Å². The highest BCUT2D eigenvalue weighted by atomic mass is 16.7. The van der Waals surface area contributed by atoms with Crippen LogP contribution in [0.25, 0.3) is 0 Å². The number of rotatable bonds is 3. The summed E-state index contributed by atoms with van der Waals surface area (Å²) in [6, 6.07) is 0. The molecule has 0 radical (unpaired) electrons. The minimum Gasteiger partial charge on any atom is -0.353 e. The minimum atomic E-state index is 0.00502. The zero-order valence-electron chi connectivity index (χ0n) is 10.0. The maximum absolute atomic E-state index is 5.55. The maximum atomic E-state index is 5.55. The van der Waals surface area contributed by atoms with E-state index < -0.39 is 0 Å². The highest BCUT2D eigenvalue weighted by Gasteiger charge is 2.19. The number of hydrogen-bond donors (Lipinski definition) is 0. The smallest absolute Gasteiger partial charge is 0.158 e. The van der Waals surface area contributed by atoms with Gasteiger partial charge in [0.25, 0.3) is 0 Å². The van der Waals surface area contributed by atoms with Crippen molar-refractivity contribution in [2.75, 3.05) is 26.3 Å². The first-order chi connectivity index (χ1) is 8.42. The van der Waals surface area contributed by atoms with Crippen molar-refractivity contribution in [3.63, 3.8) is 0 Å². The number of nitrogens with zero attached hydrogens (tertiary/aromatic N) is 3. The van der Waals surface area contributed by atoms with Gasteiger partial charge in [-0.2, -0.15) is 0 Å². The molecule has 2 aliphatic rings. The standard InChI is InChI=1S/C12H19N3O2/c1-8-16-12(17-9-1)2-4-14-6-7-15-5-3-13-11(15)10-14/h3,5,12H,1-2,4,6-10H2. The summed E-state index contributed by atoms with van der Waals surface area (Å²) in [4.78, 5) is 6.78. The van der Waals surface area contributed by atoms with Gasteiger partial charge in [-0.3, -0.25) is 4.90 Å². The first-order valence-corrected chi connectivity index (χ1v) is 6.37. The third-order valence-electron chi connectivity index (χ3n) is 3.40. The van der Waals surface area contributed by atoms with Crippen LogP contribution in [0.1, 0.15) is 18.7 Å². The van der Waals surface area contributed by atoms with Crippen LogP contribution in [0.2, 0.25) is 0 Å². The van der Waals surface area contributed by atoms with Gasteiger partial charge >= 0.3 is 0 Å². The Morgan fingerprint density at radius 1 is 1.29 bits per heavy atom. The van der Waals surface area contributed by atoms with Gasteiger partial charge in [0.2, 0.25) is 0 Å². The predicted molar refractivity (Wildman–Crippen MR) is 62.4 cm³/mol. The van der Waals surface area contributed by atoms with Crippen molar-refractivity contribution >= 4 is 0 Å². The summed E-state index contributed by atoms with van der Waals surface area (Å²) in [6.07, 6.45) is 5.93. The van der Waals surface area contributed by atoms with Gasteiger partial charge in [0.05, 0.1) is 19.8 Å². The Kier molecular flexibility index (Phi) is 3.40. The van der Waals surface area contributed by atoms with Gasteiger partial charge < -0.3 is 14.0 Å². The molecule has 0 aliphatic carbocycles. The van der Waals surface area contributed by atoms with Crippen LogP contribution in [0.4, 0.5) is 0 Å². The number of imidazole rings is 1. The highest BCUT2D eigenvalue weighted by molar-refractivity contribution is 4.95. The zero-order chi connectivity index (χ0) is 11.5. The molecule has 0 bridgehead atoms. The summed E-state index contributed by atoms with van der Waals surface area (Å²) in [5.41, 5.74) is 0. The van der Waals surface area contributed by atoms with Gasteiger partial charge in [-0.15, -0.1) is 0 Å². The van der Waals surface area contributed by atoms with Crippen LogP contribution >= 0.6 is 0 Å². The van der Waals surface area contributed by atoms with Gasteiger partial charge in [0.1, 0.15) is 5.82 Å². The molecular weight excluding hydrogens is 218 g/mol. The second kappa shape index (κ2) is 5.16. The fourth-order valence-electron chi connectivity index (χ4n) is 2.41. The molecule has 94 valence electrons. The SMILES string of the molecule is c1cn2c(n1)CN(CCC1OCCCO1)CC2. The Labute approximate surface area is 101 Å². The first kappa shape index (κ1) is 11.2. The summed E-state index contributed by atoms with van der Waals surface area (Å²) in [6.45, 7) is 5.79. The van der Waals surface area contributed by atoms with E-state index in [1.54, 1.807) is 0 Å². The van der Waals surface area contributed by atoms with E-state index in [4.69, 9.17) is 9.47 Å². The molecule has 0 saturated carbocycles. The number of ether oxygens (including phenoxy) is 2. The third-order valence-corrected chi connectivity index (χ3v) is 3.40. The molecule has 1 aromatic heterocycles. The van der Waals surface area contributed by atoms with Gasteiger partial charge in [-0.1, -0.05) is 0 Å². The van der Waals surface area contributed by atoms with Crippen molar-refractivity contribution in [3.8, 4) is 0 Å². The Hall–Kier alpha value is -0.910. The van der Waals surface area contributed by atoms with Crippen molar-refractivity contribution in [2.24, 2.45) is 0 Å². The van der Waals surface area contributed by atoms with Crippen molar-refractivity contribution in [1.29, 1.82) is 0 Å². The maximum Gasteiger partial charge on any atom is 0.158 e. The molecule has 0 unspecified atom stereocenters. The predicted octanol–water partition coefficient (Wildman–Crippen LogP) is 0.852. The molecule has 5 heteroatoms. The van der Waals surface area contributed by atoms with E-state index in [2.05, 4.69) is 20.6 Å².